The number of carbonyl (C=O) groups is 1. The average molecular weight is 309 g/mol. The molecule has 1 fully saturated rings. The van der Waals surface area contributed by atoms with Gasteiger partial charge in [0.2, 0.25) is 5.91 Å². The van der Waals surface area contributed by atoms with Crippen molar-refractivity contribution in [1.82, 2.24) is 10.6 Å². The standard InChI is InChI=1S/C17H25ClN2O/c1-19-11-6-12-20-16(21)17(9-3-2-4-10-17)14-7-5-8-15(18)13-14/h5,7-8,13,19H,2-4,6,9-12H2,1H3,(H,20,21). The Kier molecular flexibility index (Phi) is 6.07. The molecule has 1 aliphatic rings. The molecule has 2 rings (SSSR count). The van der Waals surface area contributed by atoms with Gasteiger partial charge in [-0.05, 0) is 50.6 Å². The summed E-state index contributed by atoms with van der Waals surface area (Å²) in [5.74, 6) is 0.167. The fourth-order valence-electron chi connectivity index (χ4n) is 3.22. The molecule has 0 unspecified atom stereocenters. The Morgan fingerprint density at radius 1 is 1.24 bits per heavy atom. The van der Waals surface area contributed by atoms with E-state index < -0.39 is 0 Å². The quantitative estimate of drug-likeness (QED) is 0.792. The maximum absolute atomic E-state index is 12.8. The first-order valence-electron chi connectivity index (χ1n) is 7.88. The van der Waals surface area contributed by atoms with Crippen LogP contribution < -0.4 is 10.6 Å². The van der Waals surface area contributed by atoms with Crippen LogP contribution in [0.15, 0.2) is 24.3 Å². The molecule has 4 heteroatoms. The third-order valence-electron chi connectivity index (χ3n) is 4.41. The molecule has 0 aliphatic heterocycles. The molecule has 0 bridgehead atoms. The molecule has 0 heterocycles. The van der Waals surface area contributed by atoms with E-state index in [4.69, 9.17) is 11.6 Å². The maximum Gasteiger partial charge on any atom is 0.230 e. The smallest absolute Gasteiger partial charge is 0.230 e. The van der Waals surface area contributed by atoms with Gasteiger partial charge in [0.1, 0.15) is 0 Å². The fraction of sp³-hybridized carbons (Fsp3) is 0.588. The first kappa shape index (κ1) is 16.3. The second kappa shape index (κ2) is 7.81. The van der Waals surface area contributed by atoms with Crippen molar-refractivity contribution in [3.05, 3.63) is 34.9 Å². The van der Waals surface area contributed by atoms with Crippen LogP contribution in [0.3, 0.4) is 0 Å². The number of halogens is 1. The van der Waals surface area contributed by atoms with Crippen molar-refractivity contribution < 1.29 is 4.79 Å². The minimum absolute atomic E-state index is 0.167. The zero-order valence-corrected chi connectivity index (χ0v) is 13.5. The van der Waals surface area contributed by atoms with Gasteiger partial charge in [-0.1, -0.05) is 43.0 Å². The summed E-state index contributed by atoms with van der Waals surface area (Å²) in [5, 5.41) is 6.93. The molecule has 1 aliphatic carbocycles. The summed E-state index contributed by atoms with van der Waals surface area (Å²) in [6, 6.07) is 7.82. The summed E-state index contributed by atoms with van der Waals surface area (Å²) in [4.78, 5) is 12.8. The van der Waals surface area contributed by atoms with Crippen LogP contribution in [0, 0.1) is 0 Å². The number of hydrogen-bond donors (Lipinski definition) is 2. The van der Waals surface area contributed by atoms with Crippen molar-refractivity contribution in [2.24, 2.45) is 0 Å². The van der Waals surface area contributed by atoms with E-state index in [-0.39, 0.29) is 11.3 Å². The number of carbonyl (C=O) groups excluding carboxylic acids is 1. The molecule has 1 saturated carbocycles. The highest BCUT2D eigenvalue weighted by Crippen LogP contribution is 2.40. The predicted molar refractivity (Wildman–Crippen MR) is 87.8 cm³/mol. The van der Waals surface area contributed by atoms with Crippen LogP contribution in [0.5, 0.6) is 0 Å². The molecule has 0 saturated heterocycles. The molecule has 1 amide bonds. The Labute approximate surface area is 132 Å². The molecule has 0 radical (unpaired) electrons. The summed E-state index contributed by atoms with van der Waals surface area (Å²) in [5.41, 5.74) is 0.684. The zero-order chi connectivity index (χ0) is 15.1. The number of benzene rings is 1. The second-order valence-corrected chi connectivity index (χ2v) is 6.30. The van der Waals surface area contributed by atoms with E-state index in [1.54, 1.807) is 0 Å². The van der Waals surface area contributed by atoms with Crippen LogP contribution in [-0.2, 0) is 10.2 Å². The van der Waals surface area contributed by atoms with E-state index in [1.165, 1.54) is 6.42 Å². The van der Waals surface area contributed by atoms with Crippen molar-refractivity contribution in [2.75, 3.05) is 20.1 Å². The van der Waals surface area contributed by atoms with Gasteiger partial charge in [-0.3, -0.25) is 4.79 Å². The van der Waals surface area contributed by atoms with Crippen LogP contribution in [0.1, 0.15) is 44.1 Å². The van der Waals surface area contributed by atoms with Gasteiger partial charge in [-0.15, -0.1) is 0 Å². The lowest BCUT2D eigenvalue weighted by Gasteiger charge is -2.36. The highest BCUT2D eigenvalue weighted by molar-refractivity contribution is 6.30. The summed E-state index contributed by atoms with van der Waals surface area (Å²) in [6.07, 6.45) is 6.23. The summed E-state index contributed by atoms with van der Waals surface area (Å²) < 4.78 is 0. The van der Waals surface area contributed by atoms with Crippen molar-refractivity contribution in [3.63, 3.8) is 0 Å². The molecule has 21 heavy (non-hydrogen) atoms. The molecule has 1 aromatic carbocycles. The molecule has 2 N–H and O–H groups in total. The van der Waals surface area contributed by atoms with E-state index in [0.29, 0.717) is 5.02 Å². The number of hydrogen-bond acceptors (Lipinski definition) is 2. The largest absolute Gasteiger partial charge is 0.355 e. The average Bonchev–Trinajstić information content (AvgIpc) is 2.52. The summed E-state index contributed by atoms with van der Waals surface area (Å²) in [6.45, 7) is 1.65. The van der Waals surface area contributed by atoms with Gasteiger partial charge in [0, 0.05) is 11.6 Å². The Hall–Kier alpha value is -1.06. The van der Waals surface area contributed by atoms with E-state index in [1.807, 2.05) is 31.3 Å². The Morgan fingerprint density at radius 3 is 2.67 bits per heavy atom. The SMILES string of the molecule is CNCCCNC(=O)C1(c2cccc(Cl)c2)CCCCC1. The van der Waals surface area contributed by atoms with E-state index in [9.17, 15) is 4.79 Å². The van der Waals surface area contributed by atoms with E-state index >= 15 is 0 Å². The van der Waals surface area contributed by atoms with Gasteiger partial charge in [0.25, 0.3) is 0 Å². The molecule has 3 nitrogen and oxygen atoms in total. The third kappa shape index (κ3) is 3.98. The lowest BCUT2D eigenvalue weighted by atomic mass is 9.68. The molecule has 0 aromatic heterocycles. The summed E-state index contributed by atoms with van der Waals surface area (Å²) >= 11 is 6.14. The maximum atomic E-state index is 12.8. The zero-order valence-electron chi connectivity index (χ0n) is 12.8. The second-order valence-electron chi connectivity index (χ2n) is 5.87. The lowest BCUT2D eigenvalue weighted by molar-refractivity contribution is -0.128. The normalized spacial score (nSPS) is 17.4. The number of rotatable bonds is 6. The minimum Gasteiger partial charge on any atom is -0.355 e. The molecule has 0 atom stereocenters. The summed E-state index contributed by atoms with van der Waals surface area (Å²) in [7, 11) is 1.93. The fourth-order valence-corrected chi connectivity index (χ4v) is 3.41. The van der Waals surface area contributed by atoms with Gasteiger partial charge in [-0.2, -0.15) is 0 Å². The van der Waals surface area contributed by atoms with Gasteiger partial charge in [0.05, 0.1) is 5.41 Å². The topological polar surface area (TPSA) is 41.1 Å². The van der Waals surface area contributed by atoms with Crippen LogP contribution in [-0.4, -0.2) is 26.0 Å². The van der Waals surface area contributed by atoms with Crippen LogP contribution in [0.2, 0.25) is 5.02 Å². The molecule has 116 valence electrons. The highest BCUT2D eigenvalue weighted by atomic mass is 35.5. The Bertz CT molecular complexity index is 470. The first-order chi connectivity index (χ1) is 10.2. The predicted octanol–water partition coefficient (Wildman–Crippen LogP) is 3.27. The number of nitrogens with one attached hydrogen (secondary N) is 2. The molecule has 0 spiro atoms. The van der Waals surface area contributed by atoms with E-state index in [0.717, 1.165) is 50.8 Å². The monoisotopic (exact) mass is 308 g/mol. The lowest BCUT2D eigenvalue weighted by Crippen LogP contribution is -2.46. The van der Waals surface area contributed by atoms with Crippen molar-refractivity contribution in [1.29, 1.82) is 0 Å². The van der Waals surface area contributed by atoms with Gasteiger partial charge < -0.3 is 10.6 Å². The van der Waals surface area contributed by atoms with Crippen LogP contribution in [0.4, 0.5) is 0 Å². The molecular weight excluding hydrogens is 284 g/mol. The molecule has 1 aromatic rings. The van der Waals surface area contributed by atoms with Gasteiger partial charge in [0.15, 0.2) is 0 Å². The third-order valence-corrected chi connectivity index (χ3v) is 4.64. The van der Waals surface area contributed by atoms with Crippen molar-refractivity contribution >= 4 is 17.5 Å². The minimum atomic E-state index is -0.386. The van der Waals surface area contributed by atoms with Crippen LogP contribution >= 0.6 is 11.6 Å². The Balaban J connectivity index is 2.15. The van der Waals surface area contributed by atoms with Crippen LogP contribution in [0.25, 0.3) is 0 Å². The van der Waals surface area contributed by atoms with E-state index in [2.05, 4.69) is 10.6 Å². The van der Waals surface area contributed by atoms with Gasteiger partial charge in [-0.25, -0.2) is 0 Å². The first-order valence-corrected chi connectivity index (χ1v) is 8.26. The van der Waals surface area contributed by atoms with Gasteiger partial charge >= 0.3 is 0 Å². The Morgan fingerprint density at radius 2 is 2.00 bits per heavy atom. The molecular formula is C17H25ClN2O. The number of amides is 1. The van der Waals surface area contributed by atoms with Crippen molar-refractivity contribution in [2.45, 2.75) is 43.9 Å². The highest BCUT2D eigenvalue weighted by Gasteiger charge is 2.40. The van der Waals surface area contributed by atoms with Crippen molar-refractivity contribution in [3.8, 4) is 0 Å².